The summed E-state index contributed by atoms with van der Waals surface area (Å²) in [5.41, 5.74) is 0.913. The molecule has 3 rings (SSSR count). The monoisotopic (exact) mass is 244 g/mol. The SMILES string of the molecule is c1cc(-c2nc(CCNC3CCC3)no2)ccn1. The first kappa shape index (κ1) is 11.3. The Kier molecular flexibility index (Phi) is 3.32. The second kappa shape index (κ2) is 5.27. The van der Waals surface area contributed by atoms with Crippen molar-refractivity contribution in [3.8, 4) is 11.5 Å². The third-order valence-corrected chi connectivity index (χ3v) is 3.28. The molecule has 0 bridgehead atoms. The second-order valence-electron chi connectivity index (χ2n) is 4.58. The maximum atomic E-state index is 5.23. The lowest BCUT2D eigenvalue weighted by Gasteiger charge is -2.26. The first-order chi connectivity index (χ1) is 8.92. The van der Waals surface area contributed by atoms with Crippen LogP contribution < -0.4 is 5.32 Å². The predicted octanol–water partition coefficient (Wildman–Crippen LogP) is 1.82. The van der Waals surface area contributed by atoms with Gasteiger partial charge in [0.2, 0.25) is 0 Å². The summed E-state index contributed by atoms with van der Waals surface area (Å²) in [5, 5.41) is 7.47. The van der Waals surface area contributed by atoms with Crippen LogP contribution in [-0.2, 0) is 6.42 Å². The molecule has 1 fully saturated rings. The van der Waals surface area contributed by atoms with Gasteiger partial charge in [-0.2, -0.15) is 4.98 Å². The third-order valence-electron chi connectivity index (χ3n) is 3.28. The third kappa shape index (κ3) is 2.56. The summed E-state index contributed by atoms with van der Waals surface area (Å²) in [6.45, 7) is 0.917. The number of aromatic nitrogens is 3. The average Bonchev–Trinajstić information content (AvgIpc) is 2.82. The Balaban J connectivity index is 1.56. The van der Waals surface area contributed by atoms with Gasteiger partial charge in [-0.1, -0.05) is 11.6 Å². The summed E-state index contributed by atoms with van der Waals surface area (Å²) in [5.74, 6) is 1.32. The molecule has 2 heterocycles. The van der Waals surface area contributed by atoms with Gasteiger partial charge in [0.15, 0.2) is 5.82 Å². The summed E-state index contributed by atoms with van der Waals surface area (Å²) in [6.07, 6.45) is 8.20. The Morgan fingerprint density at radius 2 is 2.11 bits per heavy atom. The molecule has 5 nitrogen and oxygen atoms in total. The first-order valence-corrected chi connectivity index (χ1v) is 6.38. The smallest absolute Gasteiger partial charge is 0.258 e. The molecule has 0 radical (unpaired) electrons. The van der Waals surface area contributed by atoms with Gasteiger partial charge in [-0.25, -0.2) is 0 Å². The molecule has 1 aliphatic carbocycles. The number of hydrogen-bond acceptors (Lipinski definition) is 5. The minimum Gasteiger partial charge on any atom is -0.334 e. The van der Waals surface area contributed by atoms with E-state index in [-0.39, 0.29) is 0 Å². The van der Waals surface area contributed by atoms with Crippen LogP contribution in [0.25, 0.3) is 11.5 Å². The fourth-order valence-corrected chi connectivity index (χ4v) is 1.97. The molecule has 1 N–H and O–H groups in total. The molecule has 1 aliphatic rings. The van der Waals surface area contributed by atoms with Gasteiger partial charge < -0.3 is 9.84 Å². The van der Waals surface area contributed by atoms with Gasteiger partial charge in [-0.3, -0.25) is 4.98 Å². The number of hydrogen-bond donors (Lipinski definition) is 1. The van der Waals surface area contributed by atoms with E-state index in [0.29, 0.717) is 11.9 Å². The first-order valence-electron chi connectivity index (χ1n) is 6.38. The van der Waals surface area contributed by atoms with E-state index >= 15 is 0 Å². The minimum absolute atomic E-state index is 0.566. The fourth-order valence-electron chi connectivity index (χ4n) is 1.97. The lowest BCUT2D eigenvalue weighted by atomic mass is 9.93. The van der Waals surface area contributed by atoms with Crippen LogP contribution >= 0.6 is 0 Å². The Bertz CT molecular complexity index is 493. The summed E-state index contributed by atoms with van der Waals surface area (Å²) in [4.78, 5) is 8.34. The molecule has 0 spiro atoms. The molecule has 18 heavy (non-hydrogen) atoms. The second-order valence-corrected chi connectivity index (χ2v) is 4.58. The van der Waals surface area contributed by atoms with Crippen LogP contribution in [0.15, 0.2) is 29.0 Å². The van der Waals surface area contributed by atoms with Gasteiger partial charge in [0.1, 0.15) is 0 Å². The van der Waals surface area contributed by atoms with Crippen molar-refractivity contribution in [2.24, 2.45) is 0 Å². The summed E-state index contributed by atoms with van der Waals surface area (Å²) in [7, 11) is 0. The van der Waals surface area contributed by atoms with Gasteiger partial charge in [-0.05, 0) is 25.0 Å². The molecule has 0 aliphatic heterocycles. The van der Waals surface area contributed by atoms with Gasteiger partial charge in [0.05, 0.1) is 0 Å². The van der Waals surface area contributed by atoms with Crippen LogP contribution in [0.4, 0.5) is 0 Å². The van der Waals surface area contributed by atoms with E-state index in [4.69, 9.17) is 4.52 Å². The zero-order valence-electron chi connectivity index (χ0n) is 10.2. The highest BCUT2D eigenvalue weighted by atomic mass is 16.5. The van der Waals surface area contributed by atoms with Crippen molar-refractivity contribution in [3.63, 3.8) is 0 Å². The lowest BCUT2D eigenvalue weighted by molar-refractivity contribution is 0.340. The van der Waals surface area contributed by atoms with Crippen LogP contribution in [0.3, 0.4) is 0 Å². The molecule has 0 unspecified atom stereocenters. The van der Waals surface area contributed by atoms with Crippen LogP contribution in [0, 0.1) is 0 Å². The highest BCUT2D eigenvalue weighted by Gasteiger charge is 2.16. The van der Waals surface area contributed by atoms with Crippen molar-refractivity contribution in [1.82, 2.24) is 20.4 Å². The van der Waals surface area contributed by atoms with E-state index in [1.54, 1.807) is 12.4 Å². The Hall–Kier alpha value is -1.75. The summed E-state index contributed by atoms with van der Waals surface area (Å²) >= 11 is 0. The topological polar surface area (TPSA) is 63.8 Å². The van der Waals surface area contributed by atoms with E-state index in [2.05, 4.69) is 20.4 Å². The molecular formula is C13H16N4O. The molecular weight excluding hydrogens is 228 g/mol. The number of pyridine rings is 1. The number of nitrogens with one attached hydrogen (secondary N) is 1. The Morgan fingerprint density at radius 3 is 2.83 bits per heavy atom. The predicted molar refractivity (Wildman–Crippen MR) is 66.9 cm³/mol. The maximum Gasteiger partial charge on any atom is 0.258 e. The van der Waals surface area contributed by atoms with E-state index in [9.17, 15) is 0 Å². The molecule has 0 aromatic carbocycles. The van der Waals surface area contributed by atoms with E-state index < -0.39 is 0 Å². The van der Waals surface area contributed by atoms with Crippen molar-refractivity contribution >= 4 is 0 Å². The molecule has 0 amide bonds. The normalized spacial score (nSPS) is 15.6. The van der Waals surface area contributed by atoms with Crippen molar-refractivity contribution in [2.45, 2.75) is 31.7 Å². The zero-order chi connectivity index (χ0) is 12.2. The zero-order valence-corrected chi connectivity index (χ0v) is 10.2. The fraction of sp³-hybridized carbons (Fsp3) is 0.462. The molecule has 0 saturated heterocycles. The van der Waals surface area contributed by atoms with Crippen LogP contribution in [0.2, 0.25) is 0 Å². The number of rotatable bonds is 5. The minimum atomic E-state index is 0.566. The summed E-state index contributed by atoms with van der Waals surface area (Å²) < 4.78 is 5.23. The average molecular weight is 244 g/mol. The Labute approximate surface area is 106 Å². The van der Waals surface area contributed by atoms with Crippen molar-refractivity contribution in [3.05, 3.63) is 30.4 Å². The van der Waals surface area contributed by atoms with Gasteiger partial charge in [0, 0.05) is 37.0 Å². The lowest BCUT2D eigenvalue weighted by Crippen LogP contribution is -2.36. The highest BCUT2D eigenvalue weighted by molar-refractivity contribution is 5.50. The molecule has 2 aromatic heterocycles. The molecule has 94 valence electrons. The van der Waals surface area contributed by atoms with Crippen molar-refractivity contribution in [1.29, 1.82) is 0 Å². The van der Waals surface area contributed by atoms with Gasteiger partial charge in [-0.15, -0.1) is 0 Å². The number of nitrogens with zero attached hydrogens (tertiary/aromatic N) is 3. The molecule has 5 heteroatoms. The highest BCUT2D eigenvalue weighted by Crippen LogP contribution is 2.18. The van der Waals surface area contributed by atoms with Gasteiger partial charge in [0.25, 0.3) is 5.89 Å². The van der Waals surface area contributed by atoms with Crippen LogP contribution in [0.5, 0.6) is 0 Å². The maximum absolute atomic E-state index is 5.23. The largest absolute Gasteiger partial charge is 0.334 e. The van der Waals surface area contributed by atoms with Crippen molar-refractivity contribution < 1.29 is 4.52 Å². The van der Waals surface area contributed by atoms with Gasteiger partial charge >= 0.3 is 0 Å². The van der Waals surface area contributed by atoms with E-state index in [0.717, 1.165) is 24.4 Å². The quantitative estimate of drug-likeness (QED) is 0.869. The molecule has 1 saturated carbocycles. The van der Waals surface area contributed by atoms with E-state index in [1.807, 2.05) is 12.1 Å². The molecule has 0 atom stereocenters. The van der Waals surface area contributed by atoms with Crippen LogP contribution in [-0.4, -0.2) is 27.7 Å². The standard InChI is InChI=1S/C13H16N4O/c1-2-11(3-1)15-9-6-12-16-13(18-17-12)10-4-7-14-8-5-10/h4-5,7-8,11,15H,1-3,6,9H2. The molecule has 2 aromatic rings. The Morgan fingerprint density at radius 1 is 1.28 bits per heavy atom. The van der Waals surface area contributed by atoms with Crippen LogP contribution in [0.1, 0.15) is 25.1 Å². The summed E-state index contributed by atoms with van der Waals surface area (Å²) in [6, 6.07) is 4.44. The van der Waals surface area contributed by atoms with E-state index in [1.165, 1.54) is 19.3 Å². The van der Waals surface area contributed by atoms with Crippen molar-refractivity contribution in [2.75, 3.05) is 6.54 Å².